The van der Waals surface area contributed by atoms with Crippen molar-refractivity contribution >= 4 is 11.7 Å². The average Bonchev–Trinajstić information content (AvgIpc) is 3.20. The van der Waals surface area contributed by atoms with Crippen LogP contribution in [-0.2, 0) is 6.54 Å². The van der Waals surface area contributed by atoms with Gasteiger partial charge in [0.15, 0.2) is 0 Å². The molecule has 0 saturated heterocycles. The number of hydrogen-bond donors (Lipinski definition) is 1. The van der Waals surface area contributed by atoms with Gasteiger partial charge in [-0.05, 0) is 31.4 Å². The molecule has 1 aromatic carbocycles. The van der Waals surface area contributed by atoms with Crippen molar-refractivity contribution in [1.82, 2.24) is 9.78 Å². The molecule has 0 spiro atoms. The van der Waals surface area contributed by atoms with E-state index in [0.29, 0.717) is 5.92 Å². The van der Waals surface area contributed by atoms with E-state index in [4.69, 9.17) is 0 Å². The van der Waals surface area contributed by atoms with Crippen LogP contribution in [-0.4, -0.2) is 15.6 Å². The maximum absolute atomic E-state index is 4.61. The standard InChI is InChI=1S/C15H16N4/c1-10-4-2-3-5-13(10)19-15-12(9-17-19)8-16-14(18-15)11-6-7-11/h2-5,9,11H,6-8H2,1H3,(H,16,18). The first-order valence-corrected chi connectivity index (χ1v) is 6.77. The Kier molecular flexibility index (Phi) is 2.24. The molecule has 0 bridgehead atoms. The lowest BCUT2D eigenvalue weighted by molar-refractivity contribution is 0.876. The first-order valence-electron chi connectivity index (χ1n) is 6.77. The topological polar surface area (TPSA) is 42.2 Å². The minimum Gasteiger partial charge on any atom is -0.328 e. The molecule has 1 aliphatic carbocycles. The van der Waals surface area contributed by atoms with Gasteiger partial charge in [0.05, 0.1) is 18.4 Å². The van der Waals surface area contributed by atoms with Crippen LogP contribution in [0.2, 0.25) is 0 Å². The van der Waals surface area contributed by atoms with Crippen LogP contribution in [0.4, 0.5) is 5.82 Å². The number of aromatic nitrogens is 2. The smallest absolute Gasteiger partial charge is 0.140 e. The van der Waals surface area contributed by atoms with Gasteiger partial charge >= 0.3 is 0 Å². The Morgan fingerprint density at radius 1 is 1.26 bits per heavy atom. The van der Waals surface area contributed by atoms with Gasteiger partial charge < -0.3 is 5.32 Å². The normalized spacial score (nSPS) is 17.6. The maximum Gasteiger partial charge on any atom is 0.140 e. The summed E-state index contributed by atoms with van der Waals surface area (Å²) in [6.07, 6.45) is 4.45. The van der Waals surface area contributed by atoms with E-state index >= 15 is 0 Å². The fourth-order valence-electron chi connectivity index (χ4n) is 2.53. The van der Waals surface area contributed by atoms with Crippen molar-refractivity contribution in [3.8, 4) is 5.69 Å². The molecule has 0 radical (unpaired) electrons. The molecule has 2 heterocycles. The van der Waals surface area contributed by atoms with Crippen LogP contribution in [0.15, 0.2) is 35.5 Å². The predicted molar refractivity (Wildman–Crippen MR) is 75.8 cm³/mol. The van der Waals surface area contributed by atoms with Gasteiger partial charge in [0.2, 0.25) is 0 Å². The van der Waals surface area contributed by atoms with Crippen LogP contribution in [0, 0.1) is 12.8 Å². The SMILES string of the molecule is Cc1ccccc1-n1ncc2c1NC(C1CC1)=NC2. The fraction of sp³-hybridized carbons (Fsp3) is 0.333. The van der Waals surface area contributed by atoms with Gasteiger partial charge in [-0.25, -0.2) is 4.68 Å². The summed E-state index contributed by atoms with van der Waals surface area (Å²) in [5, 5.41) is 8.01. The first-order chi connectivity index (χ1) is 9.33. The van der Waals surface area contributed by atoms with Crippen molar-refractivity contribution in [2.24, 2.45) is 10.9 Å². The van der Waals surface area contributed by atoms with Gasteiger partial charge in [-0.15, -0.1) is 0 Å². The molecule has 96 valence electrons. The lowest BCUT2D eigenvalue weighted by Crippen LogP contribution is -2.21. The first kappa shape index (κ1) is 10.8. The molecule has 0 amide bonds. The molecule has 4 rings (SSSR count). The van der Waals surface area contributed by atoms with Crippen molar-refractivity contribution in [3.05, 3.63) is 41.6 Å². The van der Waals surface area contributed by atoms with Crippen LogP contribution in [0.5, 0.6) is 0 Å². The summed E-state index contributed by atoms with van der Waals surface area (Å²) in [5.74, 6) is 2.88. The van der Waals surface area contributed by atoms with Crippen LogP contribution < -0.4 is 5.32 Å². The lowest BCUT2D eigenvalue weighted by Gasteiger charge is -2.18. The van der Waals surface area contributed by atoms with Crippen LogP contribution in [0.3, 0.4) is 0 Å². The second-order valence-corrected chi connectivity index (χ2v) is 5.32. The lowest BCUT2D eigenvalue weighted by atomic mass is 10.2. The third-order valence-electron chi connectivity index (χ3n) is 3.82. The molecule has 1 saturated carbocycles. The molecular weight excluding hydrogens is 236 g/mol. The molecule has 1 fully saturated rings. The second kappa shape index (κ2) is 3.95. The Balaban J connectivity index is 1.77. The third-order valence-corrected chi connectivity index (χ3v) is 3.82. The van der Waals surface area contributed by atoms with E-state index in [0.717, 1.165) is 23.9 Å². The number of benzene rings is 1. The van der Waals surface area contributed by atoms with E-state index in [1.54, 1.807) is 0 Å². The van der Waals surface area contributed by atoms with E-state index < -0.39 is 0 Å². The third kappa shape index (κ3) is 1.75. The molecular formula is C15H16N4. The van der Waals surface area contributed by atoms with Gasteiger partial charge in [-0.2, -0.15) is 5.10 Å². The van der Waals surface area contributed by atoms with Crippen molar-refractivity contribution in [2.75, 3.05) is 5.32 Å². The zero-order valence-electron chi connectivity index (χ0n) is 10.9. The van der Waals surface area contributed by atoms with Gasteiger partial charge in [-0.1, -0.05) is 18.2 Å². The van der Waals surface area contributed by atoms with E-state index in [9.17, 15) is 0 Å². The quantitative estimate of drug-likeness (QED) is 0.893. The molecule has 0 unspecified atom stereocenters. The Hall–Kier alpha value is -2.10. The zero-order chi connectivity index (χ0) is 12.8. The Morgan fingerprint density at radius 3 is 2.89 bits per heavy atom. The van der Waals surface area contributed by atoms with Crippen molar-refractivity contribution < 1.29 is 0 Å². The second-order valence-electron chi connectivity index (χ2n) is 5.32. The highest BCUT2D eigenvalue weighted by atomic mass is 15.3. The van der Waals surface area contributed by atoms with E-state index in [1.165, 1.54) is 24.0 Å². The monoisotopic (exact) mass is 252 g/mol. The molecule has 1 aromatic heterocycles. The van der Waals surface area contributed by atoms with Crippen molar-refractivity contribution in [1.29, 1.82) is 0 Å². The predicted octanol–water partition coefficient (Wildman–Crippen LogP) is 2.91. The molecule has 1 N–H and O–H groups in total. The fourth-order valence-corrected chi connectivity index (χ4v) is 2.53. The number of rotatable bonds is 2. The summed E-state index contributed by atoms with van der Waals surface area (Å²) in [5.41, 5.74) is 3.53. The number of aliphatic imine (C=N–C) groups is 1. The summed E-state index contributed by atoms with van der Waals surface area (Å²) in [4.78, 5) is 4.61. The molecule has 19 heavy (non-hydrogen) atoms. The van der Waals surface area contributed by atoms with Crippen LogP contribution in [0.25, 0.3) is 5.69 Å². The van der Waals surface area contributed by atoms with E-state index in [-0.39, 0.29) is 0 Å². The van der Waals surface area contributed by atoms with Crippen molar-refractivity contribution in [3.63, 3.8) is 0 Å². The number of para-hydroxylation sites is 1. The number of anilines is 1. The number of aryl methyl sites for hydroxylation is 1. The van der Waals surface area contributed by atoms with E-state index in [2.05, 4.69) is 46.6 Å². The highest BCUT2D eigenvalue weighted by Crippen LogP contribution is 2.34. The molecule has 4 heteroatoms. The summed E-state index contributed by atoms with van der Waals surface area (Å²) >= 11 is 0. The van der Waals surface area contributed by atoms with Crippen LogP contribution in [0.1, 0.15) is 24.0 Å². The molecule has 1 aliphatic heterocycles. The Bertz CT molecular complexity index is 665. The Labute approximate surface area is 112 Å². The highest BCUT2D eigenvalue weighted by Gasteiger charge is 2.31. The van der Waals surface area contributed by atoms with Gasteiger partial charge in [0.25, 0.3) is 0 Å². The minimum absolute atomic E-state index is 0.647. The Morgan fingerprint density at radius 2 is 2.11 bits per heavy atom. The average molecular weight is 252 g/mol. The van der Waals surface area contributed by atoms with Gasteiger partial charge in [-0.3, -0.25) is 4.99 Å². The molecule has 0 atom stereocenters. The minimum atomic E-state index is 0.647. The van der Waals surface area contributed by atoms with Crippen LogP contribution >= 0.6 is 0 Å². The maximum atomic E-state index is 4.61. The molecule has 2 aliphatic rings. The summed E-state index contributed by atoms with van der Waals surface area (Å²) < 4.78 is 2.00. The van der Waals surface area contributed by atoms with E-state index in [1.807, 2.05) is 10.9 Å². The zero-order valence-corrected chi connectivity index (χ0v) is 10.9. The number of nitrogens with zero attached hydrogens (tertiary/aromatic N) is 3. The van der Waals surface area contributed by atoms with Gasteiger partial charge in [0, 0.05) is 11.5 Å². The number of fused-ring (bicyclic) bond motifs is 1. The molecule has 2 aromatic rings. The molecule has 4 nitrogen and oxygen atoms in total. The van der Waals surface area contributed by atoms with Crippen molar-refractivity contribution in [2.45, 2.75) is 26.3 Å². The summed E-state index contributed by atoms with van der Waals surface area (Å²) in [7, 11) is 0. The highest BCUT2D eigenvalue weighted by molar-refractivity contribution is 5.99. The number of nitrogens with one attached hydrogen (secondary N) is 1. The number of amidine groups is 1. The van der Waals surface area contributed by atoms with Gasteiger partial charge in [0.1, 0.15) is 11.7 Å². The summed E-state index contributed by atoms with van der Waals surface area (Å²) in [6, 6.07) is 8.32. The largest absolute Gasteiger partial charge is 0.328 e. The number of hydrogen-bond acceptors (Lipinski definition) is 3. The summed E-state index contributed by atoms with van der Waals surface area (Å²) in [6.45, 7) is 2.86.